The summed E-state index contributed by atoms with van der Waals surface area (Å²) in [5, 5.41) is 9.20. The lowest BCUT2D eigenvalue weighted by molar-refractivity contribution is 0.556. The number of aryl methyl sites for hydroxylation is 2. The monoisotopic (exact) mass is 239 g/mol. The Morgan fingerprint density at radius 1 is 1.62 bits per heavy atom. The number of aromatic nitrogens is 2. The molecule has 0 aliphatic heterocycles. The lowest BCUT2D eigenvalue weighted by Gasteiger charge is -2.11. The molecule has 2 rings (SSSR count). The summed E-state index contributed by atoms with van der Waals surface area (Å²) in [5.41, 5.74) is 1.11. The zero-order valence-corrected chi connectivity index (χ0v) is 11.2. The second kappa shape index (κ2) is 5.23. The van der Waals surface area contributed by atoms with E-state index >= 15 is 0 Å². The maximum absolute atomic E-state index is 4.35. The van der Waals surface area contributed by atoms with Crippen LogP contribution in [0.1, 0.15) is 25.5 Å². The van der Waals surface area contributed by atoms with Crippen LogP contribution in [0.15, 0.2) is 11.1 Å². The number of hydrogen-bond acceptors (Lipinski definition) is 3. The summed E-state index contributed by atoms with van der Waals surface area (Å²) >= 11 is 1.91. The van der Waals surface area contributed by atoms with Crippen LogP contribution < -0.4 is 5.32 Å². The minimum absolute atomic E-state index is 0.723. The minimum Gasteiger partial charge on any atom is -0.314 e. The van der Waals surface area contributed by atoms with E-state index in [0.29, 0.717) is 0 Å². The van der Waals surface area contributed by atoms with E-state index in [9.17, 15) is 0 Å². The number of thioether (sulfide) groups is 1. The van der Waals surface area contributed by atoms with Gasteiger partial charge in [-0.25, -0.2) is 0 Å². The lowest BCUT2D eigenvalue weighted by atomic mass is 10.2. The van der Waals surface area contributed by atoms with Gasteiger partial charge in [-0.1, -0.05) is 6.92 Å². The second-order valence-electron chi connectivity index (χ2n) is 4.85. The van der Waals surface area contributed by atoms with Crippen LogP contribution in [0, 0.1) is 12.8 Å². The van der Waals surface area contributed by atoms with Gasteiger partial charge < -0.3 is 5.32 Å². The Balaban J connectivity index is 1.70. The predicted molar refractivity (Wildman–Crippen MR) is 68.9 cm³/mol. The van der Waals surface area contributed by atoms with Gasteiger partial charge in [0.15, 0.2) is 0 Å². The van der Waals surface area contributed by atoms with Crippen molar-refractivity contribution in [1.82, 2.24) is 15.1 Å². The van der Waals surface area contributed by atoms with Gasteiger partial charge in [0.05, 0.1) is 10.7 Å². The van der Waals surface area contributed by atoms with Gasteiger partial charge in [0.25, 0.3) is 0 Å². The molecule has 0 spiro atoms. The van der Waals surface area contributed by atoms with Gasteiger partial charge >= 0.3 is 0 Å². The Kier molecular flexibility index (Phi) is 3.92. The fourth-order valence-electron chi connectivity index (χ4n) is 1.66. The molecule has 1 heterocycles. The van der Waals surface area contributed by atoms with Crippen LogP contribution >= 0.6 is 11.8 Å². The van der Waals surface area contributed by atoms with Gasteiger partial charge in [-0.05, 0) is 38.3 Å². The van der Waals surface area contributed by atoms with E-state index < -0.39 is 0 Å². The average molecular weight is 239 g/mol. The molecule has 0 amide bonds. The smallest absolute Gasteiger partial charge is 0.0939 e. The van der Waals surface area contributed by atoms with Crippen LogP contribution in [0.25, 0.3) is 0 Å². The SMILES string of the molecule is Cc1cc(SCC(C)CNC2CC2)n(C)n1. The Morgan fingerprint density at radius 3 is 2.94 bits per heavy atom. The van der Waals surface area contributed by atoms with Gasteiger partial charge in [0.2, 0.25) is 0 Å². The van der Waals surface area contributed by atoms with E-state index in [-0.39, 0.29) is 0 Å². The molecule has 1 aliphatic rings. The number of rotatable bonds is 6. The van der Waals surface area contributed by atoms with Crippen LogP contribution in [-0.2, 0) is 7.05 Å². The van der Waals surface area contributed by atoms with Crippen molar-refractivity contribution in [2.45, 2.75) is 37.8 Å². The maximum Gasteiger partial charge on any atom is 0.0939 e. The van der Waals surface area contributed by atoms with E-state index in [1.165, 1.54) is 23.6 Å². The van der Waals surface area contributed by atoms with Crippen molar-refractivity contribution in [3.8, 4) is 0 Å². The molecule has 1 N–H and O–H groups in total. The Bertz CT molecular complexity index is 344. The first-order valence-electron chi connectivity index (χ1n) is 6.02. The van der Waals surface area contributed by atoms with Gasteiger partial charge in [-0.2, -0.15) is 5.10 Å². The highest BCUT2D eigenvalue weighted by molar-refractivity contribution is 7.99. The molecular weight excluding hydrogens is 218 g/mol. The summed E-state index contributed by atoms with van der Waals surface area (Å²) in [4.78, 5) is 0. The summed E-state index contributed by atoms with van der Waals surface area (Å²) in [7, 11) is 2.02. The molecular formula is C12H21N3S. The van der Waals surface area contributed by atoms with Crippen molar-refractivity contribution in [2.75, 3.05) is 12.3 Å². The molecule has 1 unspecified atom stereocenters. The minimum atomic E-state index is 0.723. The van der Waals surface area contributed by atoms with E-state index in [4.69, 9.17) is 0 Å². The summed E-state index contributed by atoms with van der Waals surface area (Å²) in [6, 6.07) is 2.98. The fourth-order valence-corrected chi connectivity index (χ4v) is 2.72. The molecule has 4 heteroatoms. The van der Waals surface area contributed by atoms with Gasteiger partial charge in [-0.15, -0.1) is 11.8 Å². The number of nitrogens with one attached hydrogen (secondary N) is 1. The quantitative estimate of drug-likeness (QED) is 0.772. The standard InChI is InChI=1S/C12H21N3S/c1-9(7-13-11-4-5-11)8-16-12-6-10(2)14-15(12)3/h6,9,11,13H,4-5,7-8H2,1-3H3. The molecule has 1 aliphatic carbocycles. The largest absolute Gasteiger partial charge is 0.314 e. The third-order valence-electron chi connectivity index (χ3n) is 2.81. The van der Waals surface area contributed by atoms with E-state index in [0.717, 1.165) is 24.2 Å². The molecule has 1 aromatic heterocycles. The summed E-state index contributed by atoms with van der Waals surface area (Å²) in [6.07, 6.45) is 2.75. The van der Waals surface area contributed by atoms with Crippen LogP contribution in [0.5, 0.6) is 0 Å². The number of nitrogens with zero attached hydrogens (tertiary/aromatic N) is 2. The van der Waals surface area contributed by atoms with Crippen molar-refractivity contribution < 1.29 is 0 Å². The van der Waals surface area contributed by atoms with Crippen molar-refractivity contribution in [1.29, 1.82) is 0 Å². The topological polar surface area (TPSA) is 29.9 Å². The molecule has 3 nitrogen and oxygen atoms in total. The number of hydrogen-bond donors (Lipinski definition) is 1. The van der Waals surface area contributed by atoms with Gasteiger partial charge in [-0.3, -0.25) is 4.68 Å². The second-order valence-corrected chi connectivity index (χ2v) is 5.89. The highest BCUT2D eigenvalue weighted by Gasteiger charge is 2.20. The van der Waals surface area contributed by atoms with Gasteiger partial charge in [0.1, 0.15) is 0 Å². The molecule has 16 heavy (non-hydrogen) atoms. The third-order valence-corrected chi connectivity index (χ3v) is 4.22. The first kappa shape index (κ1) is 12.0. The first-order chi connectivity index (χ1) is 7.65. The van der Waals surface area contributed by atoms with E-state index in [2.05, 4.69) is 23.4 Å². The highest BCUT2D eigenvalue weighted by atomic mass is 32.2. The molecule has 0 aromatic carbocycles. The van der Waals surface area contributed by atoms with Crippen LogP contribution in [0.3, 0.4) is 0 Å². The highest BCUT2D eigenvalue weighted by Crippen LogP contribution is 2.22. The van der Waals surface area contributed by atoms with Crippen molar-refractivity contribution in [2.24, 2.45) is 13.0 Å². The molecule has 0 saturated heterocycles. The summed E-state index contributed by atoms with van der Waals surface area (Å²) < 4.78 is 1.97. The molecule has 90 valence electrons. The predicted octanol–water partition coefficient (Wildman–Crippen LogP) is 2.21. The third kappa shape index (κ3) is 3.52. The molecule has 1 atom stereocenters. The van der Waals surface area contributed by atoms with Crippen molar-refractivity contribution in [3.63, 3.8) is 0 Å². The molecule has 0 bridgehead atoms. The Labute approximate surface area is 102 Å². The Morgan fingerprint density at radius 2 is 2.38 bits per heavy atom. The molecule has 1 aromatic rings. The van der Waals surface area contributed by atoms with Crippen molar-refractivity contribution in [3.05, 3.63) is 11.8 Å². The molecule has 0 radical (unpaired) electrons. The Hall–Kier alpha value is -0.480. The fraction of sp³-hybridized carbons (Fsp3) is 0.750. The van der Waals surface area contributed by atoms with Crippen LogP contribution in [-0.4, -0.2) is 28.1 Å². The summed E-state index contributed by atoms with van der Waals surface area (Å²) in [6.45, 7) is 5.50. The zero-order chi connectivity index (χ0) is 11.5. The maximum atomic E-state index is 4.35. The van der Waals surface area contributed by atoms with Gasteiger partial charge in [0, 0.05) is 18.8 Å². The normalized spacial score (nSPS) is 17.7. The molecule has 1 saturated carbocycles. The lowest BCUT2D eigenvalue weighted by Crippen LogP contribution is -2.24. The van der Waals surface area contributed by atoms with Crippen LogP contribution in [0.4, 0.5) is 0 Å². The molecule has 1 fully saturated rings. The van der Waals surface area contributed by atoms with Crippen molar-refractivity contribution >= 4 is 11.8 Å². The average Bonchev–Trinajstić information content (AvgIpc) is 2.99. The summed E-state index contributed by atoms with van der Waals surface area (Å²) in [5.74, 6) is 1.89. The zero-order valence-electron chi connectivity index (χ0n) is 10.4. The van der Waals surface area contributed by atoms with E-state index in [1.54, 1.807) is 0 Å². The van der Waals surface area contributed by atoms with E-state index in [1.807, 2.05) is 30.4 Å². The first-order valence-corrected chi connectivity index (χ1v) is 7.00. The van der Waals surface area contributed by atoms with Crippen LogP contribution in [0.2, 0.25) is 0 Å².